The number of rotatable bonds is 5. The van der Waals surface area contributed by atoms with Crippen molar-refractivity contribution in [3.8, 4) is 0 Å². The van der Waals surface area contributed by atoms with Crippen LogP contribution in [0.3, 0.4) is 0 Å². The Morgan fingerprint density at radius 3 is 2.33 bits per heavy atom. The molecule has 0 aromatic heterocycles. The monoisotopic (exact) mass is 296 g/mol. The first-order chi connectivity index (χ1) is 10.1. The van der Waals surface area contributed by atoms with E-state index >= 15 is 0 Å². The first kappa shape index (κ1) is 16.8. The Kier molecular flexibility index (Phi) is 5.67. The van der Waals surface area contributed by atoms with Crippen LogP contribution < -0.4 is 11.1 Å². The number of nitrogens with two attached hydrogens (primary N) is 1. The molecule has 0 unspecified atom stereocenters. The van der Waals surface area contributed by atoms with Crippen molar-refractivity contribution in [2.24, 2.45) is 22.5 Å². The highest BCUT2D eigenvalue weighted by Crippen LogP contribution is 2.39. The van der Waals surface area contributed by atoms with Crippen molar-refractivity contribution < 1.29 is 9.90 Å². The summed E-state index contributed by atoms with van der Waals surface area (Å²) in [6, 6.07) is 0. The van der Waals surface area contributed by atoms with Gasteiger partial charge in [-0.05, 0) is 44.4 Å². The lowest BCUT2D eigenvalue weighted by molar-refractivity contribution is -0.133. The quantitative estimate of drug-likeness (QED) is 0.728. The zero-order valence-electron chi connectivity index (χ0n) is 13.5. The number of amides is 1. The van der Waals surface area contributed by atoms with Crippen molar-refractivity contribution in [1.29, 1.82) is 0 Å². The molecule has 0 atom stereocenters. The van der Waals surface area contributed by atoms with E-state index in [0.29, 0.717) is 19.0 Å². The largest absolute Gasteiger partial charge is 0.396 e. The van der Waals surface area contributed by atoms with E-state index < -0.39 is 0 Å². The van der Waals surface area contributed by atoms with Gasteiger partial charge >= 0.3 is 0 Å². The fraction of sp³-hybridized carbons (Fsp3) is 0.941. The fourth-order valence-corrected chi connectivity index (χ4v) is 3.99. The highest BCUT2D eigenvalue weighted by molar-refractivity contribution is 5.83. The molecule has 0 radical (unpaired) electrons. The third kappa shape index (κ3) is 3.78. The predicted octanol–water partition coefficient (Wildman–Crippen LogP) is 2.20. The number of nitrogens with one attached hydrogen (secondary N) is 1. The molecule has 4 N–H and O–H groups in total. The summed E-state index contributed by atoms with van der Waals surface area (Å²) >= 11 is 0. The molecule has 1 amide bonds. The minimum Gasteiger partial charge on any atom is -0.396 e. The Bertz CT molecular complexity index is 343. The Hall–Kier alpha value is -0.610. The standard InChI is InChI=1S/C17H32N2O2/c1-14-5-9-17(11-18,10-6-14)15(21)19-12-16(13-20)7-3-2-4-8-16/h14,20H,2-13,18H2,1H3,(H,19,21). The van der Waals surface area contributed by atoms with E-state index in [0.717, 1.165) is 51.4 Å². The lowest BCUT2D eigenvalue weighted by atomic mass is 9.69. The predicted molar refractivity (Wildman–Crippen MR) is 84.7 cm³/mol. The van der Waals surface area contributed by atoms with Gasteiger partial charge in [-0.1, -0.05) is 26.2 Å². The maximum atomic E-state index is 12.7. The molecule has 2 rings (SSSR count). The molecule has 2 aliphatic carbocycles. The summed E-state index contributed by atoms with van der Waals surface area (Å²) in [4.78, 5) is 12.7. The lowest BCUT2D eigenvalue weighted by Gasteiger charge is -2.40. The van der Waals surface area contributed by atoms with Crippen LogP contribution in [-0.2, 0) is 4.79 Å². The van der Waals surface area contributed by atoms with Crippen molar-refractivity contribution >= 4 is 5.91 Å². The van der Waals surface area contributed by atoms with E-state index in [4.69, 9.17) is 5.73 Å². The van der Waals surface area contributed by atoms with Gasteiger partial charge in [0, 0.05) is 18.5 Å². The number of aliphatic hydroxyl groups excluding tert-OH is 1. The van der Waals surface area contributed by atoms with Gasteiger partial charge in [-0.15, -0.1) is 0 Å². The van der Waals surface area contributed by atoms with Gasteiger partial charge in [-0.25, -0.2) is 0 Å². The molecule has 0 aromatic rings. The third-order valence-electron chi connectivity index (χ3n) is 5.98. The number of carbonyl (C=O) groups is 1. The molecule has 0 aliphatic heterocycles. The average molecular weight is 296 g/mol. The van der Waals surface area contributed by atoms with Crippen LogP contribution in [0.4, 0.5) is 0 Å². The number of aliphatic hydroxyl groups is 1. The summed E-state index contributed by atoms with van der Waals surface area (Å²) < 4.78 is 0. The summed E-state index contributed by atoms with van der Waals surface area (Å²) in [5, 5.41) is 12.9. The van der Waals surface area contributed by atoms with Crippen LogP contribution in [0.2, 0.25) is 0 Å². The second-order valence-corrected chi connectivity index (χ2v) is 7.57. The van der Waals surface area contributed by atoms with Gasteiger partial charge in [-0.3, -0.25) is 4.79 Å². The fourth-order valence-electron chi connectivity index (χ4n) is 3.99. The molecule has 2 aliphatic rings. The maximum absolute atomic E-state index is 12.7. The lowest BCUT2D eigenvalue weighted by Crippen LogP contribution is -2.51. The zero-order chi connectivity index (χ0) is 15.3. The van der Waals surface area contributed by atoms with Crippen molar-refractivity contribution in [3.05, 3.63) is 0 Å². The Morgan fingerprint density at radius 1 is 1.19 bits per heavy atom. The van der Waals surface area contributed by atoms with E-state index in [2.05, 4.69) is 12.2 Å². The van der Waals surface area contributed by atoms with E-state index in [1.165, 1.54) is 6.42 Å². The van der Waals surface area contributed by atoms with Gasteiger partial charge in [0.1, 0.15) is 0 Å². The molecule has 21 heavy (non-hydrogen) atoms. The summed E-state index contributed by atoms with van der Waals surface area (Å²) in [7, 11) is 0. The molecule has 4 nitrogen and oxygen atoms in total. The van der Waals surface area contributed by atoms with Crippen LogP contribution in [0, 0.1) is 16.7 Å². The van der Waals surface area contributed by atoms with Gasteiger partial charge in [0.05, 0.1) is 12.0 Å². The molecular formula is C17H32N2O2. The van der Waals surface area contributed by atoms with Gasteiger partial charge in [0.15, 0.2) is 0 Å². The van der Waals surface area contributed by atoms with Gasteiger partial charge in [0.2, 0.25) is 5.91 Å². The number of carbonyl (C=O) groups excluding carboxylic acids is 1. The summed E-state index contributed by atoms with van der Waals surface area (Å²) in [5.41, 5.74) is 5.49. The highest BCUT2D eigenvalue weighted by Gasteiger charge is 2.41. The number of hydrogen-bond donors (Lipinski definition) is 3. The topological polar surface area (TPSA) is 75.4 Å². The molecule has 0 spiro atoms. The van der Waals surface area contributed by atoms with E-state index in [9.17, 15) is 9.90 Å². The van der Waals surface area contributed by atoms with Crippen LogP contribution >= 0.6 is 0 Å². The molecule has 2 fully saturated rings. The third-order valence-corrected chi connectivity index (χ3v) is 5.98. The average Bonchev–Trinajstić information content (AvgIpc) is 2.54. The number of hydrogen-bond acceptors (Lipinski definition) is 3. The van der Waals surface area contributed by atoms with Crippen LogP contribution in [0.5, 0.6) is 0 Å². The normalized spacial score (nSPS) is 32.6. The van der Waals surface area contributed by atoms with Crippen molar-refractivity contribution in [2.45, 2.75) is 64.7 Å². The van der Waals surface area contributed by atoms with Gasteiger partial charge in [0.25, 0.3) is 0 Å². The van der Waals surface area contributed by atoms with Crippen LogP contribution in [-0.4, -0.2) is 30.7 Å². The van der Waals surface area contributed by atoms with Gasteiger partial charge in [-0.2, -0.15) is 0 Å². The summed E-state index contributed by atoms with van der Waals surface area (Å²) in [6.07, 6.45) is 9.62. The summed E-state index contributed by atoms with van der Waals surface area (Å²) in [5.74, 6) is 0.829. The molecule has 0 saturated heterocycles. The first-order valence-corrected chi connectivity index (χ1v) is 8.65. The molecule has 122 valence electrons. The van der Waals surface area contributed by atoms with Crippen LogP contribution in [0.15, 0.2) is 0 Å². The Labute approximate surface area is 128 Å². The van der Waals surface area contributed by atoms with Crippen LogP contribution in [0.25, 0.3) is 0 Å². The van der Waals surface area contributed by atoms with Crippen molar-refractivity contribution in [1.82, 2.24) is 5.32 Å². The Morgan fingerprint density at radius 2 is 1.81 bits per heavy atom. The van der Waals surface area contributed by atoms with Crippen LogP contribution in [0.1, 0.15) is 64.7 Å². The maximum Gasteiger partial charge on any atom is 0.227 e. The smallest absolute Gasteiger partial charge is 0.227 e. The highest BCUT2D eigenvalue weighted by atomic mass is 16.3. The first-order valence-electron chi connectivity index (χ1n) is 8.65. The minimum atomic E-state index is -0.363. The zero-order valence-corrected chi connectivity index (χ0v) is 13.5. The molecular weight excluding hydrogens is 264 g/mol. The molecule has 4 heteroatoms. The van der Waals surface area contributed by atoms with E-state index in [-0.39, 0.29) is 23.3 Å². The second kappa shape index (κ2) is 7.10. The molecule has 2 saturated carbocycles. The minimum absolute atomic E-state index is 0.0916. The molecule has 0 aromatic carbocycles. The van der Waals surface area contributed by atoms with E-state index in [1.807, 2.05) is 0 Å². The second-order valence-electron chi connectivity index (χ2n) is 7.57. The Balaban J connectivity index is 1.93. The van der Waals surface area contributed by atoms with Gasteiger partial charge < -0.3 is 16.2 Å². The molecule has 0 bridgehead atoms. The summed E-state index contributed by atoms with van der Waals surface area (Å²) in [6.45, 7) is 3.48. The van der Waals surface area contributed by atoms with E-state index in [1.54, 1.807) is 0 Å². The molecule has 0 heterocycles. The van der Waals surface area contributed by atoms with Crippen molar-refractivity contribution in [2.75, 3.05) is 19.7 Å². The van der Waals surface area contributed by atoms with Crippen molar-refractivity contribution in [3.63, 3.8) is 0 Å². The SMILES string of the molecule is CC1CCC(CN)(C(=O)NCC2(CO)CCCCC2)CC1.